The van der Waals surface area contributed by atoms with Gasteiger partial charge in [-0.25, -0.2) is 0 Å². The van der Waals surface area contributed by atoms with Gasteiger partial charge in [-0.2, -0.15) is 0 Å². The number of rotatable bonds is 9. The van der Waals surface area contributed by atoms with E-state index >= 15 is 0 Å². The first-order valence-electron chi connectivity index (χ1n) is 6.75. The highest BCUT2D eigenvalue weighted by molar-refractivity contribution is 5.80. The van der Waals surface area contributed by atoms with Crippen LogP contribution in [-0.4, -0.2) is 60.6 Å². The summed E-state index contributed by atoms with van der Waals surface area (Å²) in [6.07, 6.45) is 1.64. The fourth-order valence-corrected chi connectivity index (χ4v) is 2.03. The number of likely N-dealkylation sites (N-methyl/N-ethyl adjacent to an activating group) is 1. The topological polar surface area (TPSA) is 65.1 Å². The molecule has 0 rings (SSSR count). The number of amidine groups is 1. The lowest BCUT2D eigenvalue weighted by Gasteiger charge is -2.33. The molecule has 3 N–H and O–H groups in total. The van der Waals surface area contributed by atoms with E-state index < -0.39 is 0 Å². The van der Waals surface area contributed by atoms with Crippen molar-refractivity contribution in [3.8, 4) is 0 Å². The number of oxime groups is 1. The first kappa shape index (κ1) is 17.2. The maximum atomic E-state index is 8.70. The van der Waals surface area contributed by atoms with Crippen LogP contribution in [0.3, 0.4) is 0 Å². The van der Waals surface area contributed by atoms with Crippen molar-refractivity contribution in [2.24, 2.45) is 16.8 Å². The molecule has 0 saturated carbocycles. The summed E-state index contributed by atoms with van der Waals surface area (Å²) in [6, 6.07) is 0.350. The lowest BCUT2D eigenvalue weighted by Crippen LogP contribution is -2.43. The van der Waals surface area contributed by atoms with Crippen LogP contribution in [0.5, 0.6) is 0 Å². The Morgan fingerprint density at radius 2 is 1.89 bits per heavy atom. The average molecular weight is 258 g/mol. The molecular formula is C13H30N4O. The van der Waals surface area contributed by atoms with Gasteiger partial charge in [0, 0.05) is 32.1 Å². The Morgan fingerprint density at radius 3 is 2.28 bits per heavy atom. The summed E-state index contributed by atoms with van der Waals surface area (Å²) in [7, 11) is 4.16. The quantitative estimate of drug-likeness (QED) is 0.284. The molecule has 0 aromatic rings. The second kappa shape index (κ2) is 9.16. The largest absolute Gasteiger partial charge is 0.409 e. The van der Waals surface area contributed by atoms with E-state index in [1.807, 2.05) is 0 Å². The molecule has 0 aromatic heterocycles. The third-order valence-electron chi connectivity index (χ3n) is 2.99. The van der Waals surface area contributed by atoms with E-state index in [0.29, 0.717) is 24.2 Å². The Morgan fingerprint density at radius 1 is 1.28 bits per heavy atom. The fraction of sp³-hybridized carbons (Fsp3) is 0.923. The smallest absolute Gasteiger partial charge is 0.140 e. The molecule has 0 amide bonds. The Hall–Kier alpha value is -0.810. The second-order valence-corrected chi connectivity index (χ2v) is 5.55. The molecule has 0 aliphatic rings. The number of hydrogen-bond donors (Lipinski definition) is 2. The van der Waals surface area contributed by atoms with Gasteiger partial charge in [0.1, 0.15) is 5.84 Å². The summed E-state index contributed by atoms with van der Waals surface area (Å²) in [4.78, 5) is 4.63. The standard InChI is InChI=1S/C13H30N4O/c1-6-12(9-13(14)15-18)17(10-11(2)3)8-7-16(4)5/h11-12,18H,6-10H2,1-5H3,(H2,14,15). The van der Waals surface area contributed by atoms with Crippen LogP contribution in [0.2, 0.25) is 0 Å². The average Bonchev–Trinajstić information content (AvgIpc) is 2.30. The molecule has 0 aromatic carbocycles. The molecule has 18 heavy (non-hydrogen) atoms. The number of hydrogen-bond acceptors (Lipinski definition) is 4. The molecule has 0 aliphatic carbocycles. The predicted molar refractivity (Wildman–Crippen MR) is 77.1 cm³/mol. The van der Waals surface area contributed by atoms with Gasteiger partial charge in [-0.15, -0.1) is 0 Å². The van der Waals surface area contributed by atoms with Crippen molar-refractivity contribution in [2.75, 3.05) is 33.7 Å². The molecule has 0 fully saturated rings. The first-order chi connectivity index (χ1) is 8.40. The van der Waals surface area contributed by atoms with Crippen LogP contribution in [-0.2, 0) is 0 Å². The number of nitrogens with two attached hydrogens (primary N) is 1. The molecule has 5 nitrogen and oxygen atoms in total. The highest BCUT2D eigenvalue weighted by Gasteiger charge is 2.19. The van der Waals surface area contributed by atoms with Gasteiger partial charge in [0.15, 0.2) is 0 Å². The summed E-state index contributed by atoms with van der Waals surface area (Å²) < 4.78 is 0. The molecule has 0 saturated heterocycles. The van der Waals surface area contributed by atoms with Gasteiger partial charge >= 0.3 is 0 Å². The normalized spacial score (nSPS) is 14.8. The van der Waals surface area contributed by atoms with Crippen LogP contribution in [0.1, 0.15) is 33.6 Å². The summed E-state index contributed by atoms with van der Waals surface area (Å²) in [5.74, 6) is 0.939. The third kappa shape index (κ3) is 7.50. The van der Waals surface area contributed by atoms with Crippen molar-refractivity contribution in [1.29, 1.82) is 0 Å². The van der Waals surface area contributed by atoms with Crippen LogP contribution in [0.15, 0.2) is 5.16 Å². The van der Waals surface area contributed by atoms with Crippen LogP contribution in [0.4, 0.5) is 0 Å². The van der Waals surface area contributed by atoms with Crippen molar-refractivity contribution in [3.05, 3.63) is 0 Å². The zero-order valence-corrected chi connectivity index (χ0v) is 12.6. The monoisotopic (exact) mass is 258 g/mol. The van der Waals surface area contributed by atoms with E-state index in [1.54, 1.807) is 0 Å². The fourth-order valence-electron chi connectivity index (χ4n) is 2.03. The van der Waals surface area contributed by atoms with Gasteiger partial charge < -0.3 is 15.8 Å². The molecule has 0 radical (unpaired) electrons. The minimum Gasteiger partial charge on any atom is -0.409 e. The summed E-state index contributed by atoms with van der Waals surface area (Å²) in [6.45, 7) is 9.68. The molecule has 1 atom stereocenters. The SMILES string of the molecule is CCC(CC(N)=NO)N(CCN(C)C)CC(C)C. The van der Waals surface area contributed by atoms with Crippen LogP contribution in [0, 0.1) is 5.92 Å². The van der Waals surface area contributed by atoms with Gasteiger partial charge in [-0.1, -0.05) is 25.9 Å². The predicted octanol–water partition coefficient (Wildman–Crippen LogP) is 1.42. The van der Waals surface area contributed by atoms with Crippen molar-refractivity contribution < 1.29 is 5.21 Å². The Labute approximate surface area is 112 Å². The maximum absolute atomic E-state index is 8.70. The van der Waals surface area contributed by atoms with E-state index in [-0.39, 0.29) is 0 Å². The third-order valence-corrected chi connectivity index (χ3v) is 2.99. The molecule has 0 heterocycles. The minimum absolute atomic E-state index is 0.320. The molecule has 0 spiro atoms. The Kier molecular flexibility index (Phi) is 8.75. The summed E-state index contributed by atoms with van der Waals surface area (Å²) in [5, 5.41) is 11.8. The van der Waals surface area contributed by atoms with Gasteiger partial charge in [0.05, 0.1) is 0 Å². The van der Waals surface area contributed by atoms with E-state index in [2.05, 4.69) is 49.8 Å². The van der Waals surface area contributed by atoms with Crippen LogP contribution < -0.4 is 5.73 Å². The summed E-state index contributed by atoms with van der Waals surface area (Å²) >= 11 is 0. The van der Waals surface area contributed by atoms with Crippen molar-refractivity contribution >= 4 is 5.84 Å². The zero-order chi connectivity index (χ0) is 14.1. The second-order valence-electron chi connectivity index (χ2n) is 5.55. The maximum Gasteiger partial charge on any atom is 0.140 e. The van der Waals surface area contributed by atoms with Crippen molar-refractivity contribution in [2.45, 2.75) is 39.7 Å². The Balaban J connectivity index is 4.55. The van der Waals surface area contributed by atoms with E-state index in [4.69, 9.17) is 10.9 Å². The highest BCUT2D eigenvalue weighted by Crippen LogP contribution is 2.11. The molecule has 1 unspecified atom stereocenters. The lowest BCUT2D eigenvalue weighted by atomic mass is 10.1. The van der Waals surface area contributed by atoms with Gasteiger partial charge in [-0.3, -0.25) is 4.90 Å². The summed E-state index contributed by atoms with van der Waals surface area (Å²) in [5.41, 5.74) is 5.64. The van der Waals surface area contributed by atoms with Crippen molar-refractivity contribution in [3.63, 3.8) is 0 Å². The highest BCUT2D eigenvalue weighted by atomic mass is 16.4. The molecule has 108 valence electrons. The van der Waals surface area contributed by atoms with E-state index in [1.165, 1.54) is 0 Å². The lowest BCUT2D eigenvalue weighted by molar-refractivity contribution is 0.158. The van der Waals surface area contributed by atoms with Crippen LogP contribution >= 0.6 is 0 Å². The minimum atomic E-state index is 0.320. The molecular weight excluding hydrogens is 228 g/mol. The molecule has 0 aliphatic heterocycles. The van der Waals surface area contributed by atoms with Crippen LogP contribution in [0.25, 0.3) is 0 Å². The Bertz CT molecular complexity index is 241. The molecule has 0 bridgehead atoms. The van der Waals surface area contributed by atoms with Gasteiger partial charge in [-0.05, 0) is 26.4 Å². The van der Waals surface area contributed by atoms with Gasteiger partial charge in [0.25, 0.3) is 0 Å². The number of nitrogens with zero attached hydrogens (tertiary/aromatic N) is 3. The molecule has 5 heteroatoms. The van der Waals surface area contributed by atoms with Crippen molar-refractivity contribution in [1.82, 2.24) is 9.80 Å². The zero-order valence-electron chi connectivity index (χ0n) is 12.6. The van der Waals surface area contributed by atoms with E-state index in [9.17, 15) is 0 Å². The van der Waals surface area contributed by atoms with E-state index in [0.717, 1.165) is 26.1 Å². The first-order valence-corrected chi connectivity index (χ1v) is 6.75. The van der Waals surface area contributed by atoms with Gasteiger partial charge in [0.2, 0.25) is 0 Å².